The van der Waals surface area contributed by atoms with Crippen LogP contribution in [-0.2, 0) is 16.6 Å². The third-order valence-electron chi connectivity index (χ3n) is 2.72. The fourth-order valence-corrected chi connectivity index (χ4v) is 2.52. The van der Waals surface area contributed by atoms with Gasteiger partial charge in [0.2, 0.25) is 10.0 Å². The Hall–Kier alpha value is -0.890. The van der Waals surface area contributed by atoms with E-state index in [9.17, 15) is 8.42 Å². The highest BCUT2D eigenvalue weighted by Crippen LogP contribution is 2.10. The molecule has 6 nitrogen and oxygen atoms in total. The zero-order chi connectivity index (χ0) is 13.6. The van der Waals surface area contributed by atoms with Crippen molar-refractivity contribution >= 4 is 10.0 Å². The molecule has 0 aliphatic heterocycles. The van der Waals surface area contributed by atoms with Crippen molar-refractivity contribution in [2.24, 2.45) is 0 Å². The highest BCUT2D eigenvalue weighted by Gasteiger charge is 2.15. The van der Waals surface area contributed by atoms with Gasteiger partial charge in [-0.2, -0.15) is 0 Å². The topological polar surface area (TPSA) is 77.2 Å². The summed E-state index contributed by atoms with van der Waals surface area (Å²) in [5.41, 5.74) is 0.851. The summed E-state index contributed by atoms with van der Waals surface area (Å²) in [5.74, 6) is 0. The van der Waals surface area contributed by atoms with Gasteiger partial charge in [-0.05, 0) is 26.7 Å². The Labute approximate surface area is 109 Å². The Morgan fingerprint density at radius 3 is 2.78 bits per heavy atom. The summed E-state index contributed by atoms with van der Waals surface area (Å²) in [7, 11) is 0.370. The van der Waals surface area contributed by atoms with Crippen LogP contribution < -0.4 is 10.0 Å². The van der Waals surface area contributed by atoms with E-state index in [0.29, 0.717) is 19.6 Å². The van der Waals surface area contributed by atoms with Crippen molar-refractivity contribution in [3.8, 4) is 0 Å². The molecule has 0 unspecified atom stereocenters. The predicted octanol–water partition coefficient (Wildman–Crippen LogP) is -0.0359. The summed E-state index contributed by atoms with van der Waals surface area (Å²) in [4.78, 5) is 5.26. The number of sulfonamides is 1. The number of aromatic nitrogens is 1. The predicted molar refractivity (Wildman–Crippen MR) is 71.9 cm³/mol. The first kappa shape index (κ1) is 15.2. The fourth-order valence-electron chi connectivity index (χ4n) is 1.48. The van der Waals surface area contributed by atoms with Gasteiger partial charge in [0.05, 0.1) is 4.90 Å². The van der Waals surface area contributed by atoms with Crippen LogP contribution >= 0.6 is 0 Å². The molecule has 0 atom stereocenters. The molecule has 0 aliphatic carbocycles. The lowest BCUT2D eigenvalue weighted by molar-refractivity contribution is 0.358. The van der Waals surface area contributed by atoms with Gasteiger partial charge in [0, 0.05) is 31.5 Å². The van der Waals surface area contributed by atoms with Crippen LogP contribution in [0.4, 0.5) is 0 Å². The Bertz CT molecular complexity index is 455. The van der Waals surface area contributed by atoms with Gasteiger partial charge in [-0.25, -0.2) is 13.1 Å². The van der Waals surface area contributed by atoms with E-state index in [-0.39, 0.29) is 4.90 Å². The highest BCUT2D eigenvalue weighted by atomic mass is 32.2. The van der Waals surface area contributed by atoms with Crippen molar-refractivity contribution in [3.63, 3.8) is 0 Å². The molecule has 18 heavy (non-hydrogen) atoms. The Kier molecular flexibility index (Phi) is 5.80. The summed E-state index contributed by atoms with van der Waals surface area (Å²) >= 11 is 0. The first-order valence-electron chi connectivity index (χ1n) is 5.99. The van der Waals surface area contributed by atoms with Crippen molar-refractivity contribution in [1.82, 2.24) is 19.9 Å². The van der Waals surface area contributed by atoms with E-state index >= 15 is 0 Å². The van der Waals surface area contributed by atoms with Crippen LogP contribution in [0.15, 0.2) is 17.2 Å². The molecule has 0 aliphatic rings. The lowest BCUT2D eigenvalue weighted by atomic mass is 10.4. The Morgan fingerprint density at radius 2 is 2.17 bits per heavy atom. The molecule has 0 aromatic carbocycles. The van der Waals surface area contributed by atoms with E-state index in [2.05, 4.69) is 15.0 Å². The van der Waals surface area contributed by atoms with E-state index in [1.54, 1.807) is 6.07 Å². The minimum absolute atomic E-state index is 0.284. The van der Waals surface area contributed by atoms with E-state index in [0.717, 1.165) is 12.2 Å². The average Bonchev–Trinajstić information content (AvgIpc) is 2.78. The monoisotopic (exact) mass is 274 g/mol. The van der Waals surface area contributed by atoms with Crippen LogP contribution in [0, 0.1) is 0 Å². The zero-order valence-electron chi connectivity index (χ0n) is 11.2. The maximum Gasteiger partial charge on any atom is 0.242 e. The second-order valence-electron chi connectivity index (χ2n) is 4.18. The second-order valence-corrected chi connectivity index (χ2v) is 5.95. The van der Waals surface area contributed by atoms with Gasteiger partial charge in [-0.1, -0.05) is 6.92 Å². The SMILES string of the molecule is CCN(C)CCNS(=O)(=O)c1c[nH]c(CNC)c1. The Morgan fingerprint density at radius 1 is 1.44 bits per heavy atom. The van der Waals surface area contributed by atoms with Crippen molar-refractivity contribution in [3.05, 3.63) is 18.0 Å². The van der Waals surface area contributed by atoms with E-state index < -0.39 is 10.0 Å². The third-order valence-corrected chi connectivity index (χ3v) is 4.16. The molecule has 0 saturated carbocycles. The first-order chi connectivity index (χ1) is 8.49. The summed E-state index contributed by atoms with van der Waals surface area (Å²) in [5, 5.41) is 2.96. The standard InChI is InChI=1S/C11H22N4O2S/c1-4-15(3)6-5-14-18(16,17)11-7-10(8-12-2)13-9-11/h7,9,12-14H,4-6,8H2,1-3H3. The quantitative estimate of drug-likeness (QED) is 0.622. The zero-order valence-corrected chi connectivity index (χ0v) is 12.0. The summed E-state index contributed by atoms with van der Waals surface area (Å²) < 4.78 is 26.5. The molecule has 104 valence electrons. The Balaban J connectivity index is 2.56. The number of aromatic amines is 1. The van der Waals surface area contributed by atoms with Crippen molar-refractivity contribution in [1.29, 1.82) is 0 Å². The number of hydrogen-bond donors (Lipinski definition) is 3. The van der Waals surface area contributed by atoms with Crippen LogP contribution in [0.5, 0.6) is 0 Å². The number of likely N-dealkylation sites (N-methyl/N-ethyl adjacent to an activating group) is 1. The minimum atomic E-state index is -3.40. The van der Waals surface area contributed by atoms with Crippen LogP contribution in [0.1, 0.15) is 12.6 Å². The fraction of sp³-hybridized carbons (Fsp3) is 0.636. The molecule has 0 bridgehead atoms. The van der Waals surface area contributed by atoms with Gasteiger partial charge in [-0.3, -0.25) is 0 Å². The smallest absolute Gasteiger partial charge is 0.242 e. The summed E-state index contributed by atoms with van der Waals surface area (Å²) in [6, 6.07) is 1.64. The highest BCUT2D eigenvalue weighted by molar-refractivity contribution is 7.89. The van der Waals surface area contributed by atoms with Crippen molar-refractivity contribution in [2.75, 3.05) is 33.7 Å². The number of H-pyrrole nitrogens is 1. The van der Waals surface area contributed by atoms with Crippen LogP contribution in [0.25, 0.3) is 0 Å². The van der Waals surface area contributed by atoms with Gasteiger partial charge >= 0.3 is 0 Å². The summed E-state index contributed by atoms with van der Waals surface area (Å²) in [6.07, 6.45) is 1.51. The van der Waals surface area contributed by atoms with Crippen LogP contribution in [-0.4, -0.2) is 52.0 Å². The molecule has 0 spiro atoms. The normalized spacial score (nSPS) is 12.2. The molecular formula is C11H22N4O2S. The molecule has 0 radical (unpaired) electrons. The number of hydrogen-bond acceptors (Lipinski definition) is 4. The maximum atomic E-state index is 11.9. The number of rotatable bonds is 8. The van der Waals surface area contributed by atoms with Gasteiger partial charge in [0.15, 0.2) is 0 Å². The molecule has 0 saturated heterocycles. The lowest BCUT2D eigenvalue weighted by Gasteiger charge is -2.13. The maximum absolute atomic E-state index is 11.9. The molecule has 1 rings (SSSR count). The summed E-state index contributed by atoms with van der Waals surface area (Å²) in [6.45, 7) is 4.67. The minimum Gasteiger partial charge on any atom is -0.363 e. The molecule has 0 fully saturated rings. The molecule has 7 heteroatoms. The molecule has 3 N–H and O–H groups in total. The van der Waals surface area contributed by atoms with Gasteiger partial charge in [-0.15, -0.1) is 0 Å². The first-order valence-corrected chi connectivity index (χ1v) is 7.48. The largest absolute Gasteiger partial charge is 0.363 e. The average molecular weight is 274 g/mol. The van der Waals surface area contributed by atoms with Crippen molar-refractivity contribution in [2.45, 2.75) is 18.4 Å². The van der Waals surface area contributed by atoms with Gasteiger partial charge in [0.1, 0.15) is 0 Å². The lowest BCUT2D eigenvalue weighted by Crippen LogP contribution is -2.32. The molecule has 1 heterocycles. The van der Waals surface area contributed by atoms with Crippen LogP contribution in [0.2, 0.25) is 0 Å². The molecule has 1 aromatic rings. The second kappa shape index (κ2) is 6.89. The van der Waals surface area contributed by atoms with Crippen LogP contribution in [0.3, 0.4) is 0 Å². The van der Waals surface area contributed by atoms with E-state index in [4.69, 9.17) is 0 Å². The number of nitrogens with one attached hydrogen (secondary N) is 3. The molecule has 0 amide bonds. The third kappa shape index (κ3) is 4.41. The molecule has 1 aromatic heterocycles. The van der Waals surface area contributed by atoms with Crippen molar-refractivity contribution < 1.29 is 8.42 Å². The van der Waals surface area contributed by atoms with E-state index in [1.807, 2.05) is 25.9 Å². The van der Waals surface area contributed by atoms with E-state index in [1.165, 1.54) is 6.20 Å². The number of nitrogens with zero attached hydrogens (tertiary/aromatic N) is 1. The molecular weight excluding hydrogens is 252 g/mol. The van der Waals surface area contributed by atoms with Gasteiger partial charge in [0.25, 0.3) is 0 Å². The van der Waals surface area contributed by atoms with Gasteiger partial charge < -0.3 is 15.2 Å².